The molecule has 1 spiro atoms. The Morgan fingerprint density at radius 2 is 2.16 bits per heavy atom. The van der Waals surface area contributed by atoms with Crippen LogP contribution in [0.25, 0.3) is 0 Å². The van der Waals surface area contributed by atoms with E-state index in [4.69, 9.17) is 9.47 Å². The molecule has 0 bridgehead atoms. The summed E-state index contributed by atoms with van der Waals surface area (Å²) in [7, 11) is 1.63. The van der Waals surface area contributed by atoms with Crippen LogP contribution in [0.2, 0.25) is 0 Å². The summed E-state index contributed by atoms with van der Waals surface area (Å²) in [6, 6.07) is 0.557. The topological polar surface area (TPSA) is 50.7 Å². The normalized spacial score (nSPS) is 28.4. The van der Waals surface area contributed by atoms with Gasteiger partial charge in [0, 0.05) is 19.8 Å². The Labute approximate surface area is 116 Å². The second-order valence-electron chi connectivity index (χ2n) is 6.13. The molecule has 0 radical (unpaired) electrons. The van der Waals surface area contributed by atoms with Gasteiger partial charge in [-0.05, 0) is 38.6 Å². The van der Waals surface area contributed by atoms with Crippen LogP contribution in [-0.2, 0) is 9.47 Å². The van der Waals surface area contributed by atoms with Gasteiger partial charge in [-0.1, -0.05) is 19.3 Å². The maximum absolute atomic E-state index is 9.63. The third-order valence-corrected chi connectivity index (χ3v) is 4.53. The summed E-state index contributed by atoms with van der Waals surface area (Å²) in [5.41, 5.74) is 0.166. The number of hydrogen-bond acceptors (Lipinski definition) is 4. The molecule has 2 unspecified atom stereocenters. The first kappa shape index (κ1) is 15.2. The van der Waals surface area contributed by atoms with Crippen molar-refractivity contribution in [2.45, 2.75) is 69.1 Å². The fourth-order valence-electron chi connectivity index (χ4n) is 3.48. The van der Waals surface area contributed by atoms with Crippen molar-refractivity contribution in [3.8, 4) is 0 Å². The molecule has 2 N–H and O–H groups in total. The minimum atomic E-state index is -0.346. The summed E-state index contributed by atoms with van der Waals surface area (Å²) in [6.45, 7) is 2.18. The molecule has 0 amide bonds. The molecule has 2 rings (SSSR count). The minimum absolute atomic E-state index is 0.166. The Bertz CT molecular complexity index is 248. The molecule has 0 aromatic heterocycles. The molecule has 4 heteroatoms. The van der Waals surface area contributed by atoms with Crippen LogP contribution in [0.15, 0.2) is 0 Å². The molecule has 19 heavy (non-hydrogen) atoms. The summed E-state index contributed by atoms with van der Waals surface area (Å²) >= 11 is 0. The van der Waals surface area contributed by atoms with Gasteiger partial charge in [0.05, 0.1) is 18.3 Å². The molecule has 1 saturated heterocycles. The van der Waals surface area contributed by atoms with Gasteiger partial charge in [0.1, 0.15) is 0 Å². The molecule has 2 fully saturated rings. The van der Waals surface area contributed by atoms with Crippen LogP contribution in [0.1, 0.15) is 51.4 Å². The fourth-order valence-corrected chi connectivity index (χ4v) is 3.48. The summed E-state index contributed by atoms with van der Waals surface area (Å²) in [5.74, 6) is 0. The van der Waals surface area contributed by atoms with Gasteiger partial charge in [0.15, 0.2) is 0 Å². The van der Waals surface area contributed by atoms with Crippen LogP contribution >= 0.6 is 0 Å². The highest BCUT2D eigenvalue weighted by Gasteiger charge is 2.38. The maximum atomic E-state index is 9.63. The number of nitrogens with one attached hydrogen (secondary N) is 1. The van der Waals surface area contributed by atoms with Gasteiger partial charge in [-0.3, -0.25) is 0 Å². The average Bonchev–Trinajstić information content (AvgIpc) is 2.40. The fraction of sp³-hybridized carbons (Fsp3) is 1.00. The van der Waals surface area contributed by atoms with Crippen LogP contribution in [0, 0.1) is 0 Å². The standard InChI is InChI=1S/C15H29NO3/c1-18-12-14(17)5-9-16-13-6-10-19-15(11-13)7-3-2-4-8-15/h13-14,16-17H,2-12H2,1H3. The lowest BCUT2D eigenvalue weighted by molar-refractivity contribution is -0.109. The zero-order chi connectivity index (χ0) is 13.6. The van der Waals surface area contributed by atoms with Crippen molar-refractivity contribution in [2.75, 3.05) is 26.9 Å². The van der Waals surface area contributed by atoms with Crippen molar-refractivity contribution in [1.29, 1.82) is 0 Å². The van der Waals surface area contributed by atoms with Gasteiger partial charge in [-0.2, -0.15) is 0 Å². The summed E-state index contributed by atoms with van der Waals surface area (Å²) < 4.78 is 11.0. The third kappa shape index (κ3) is 4.71. The summed E-state index contributed by atoms with van der Waals surface area (Å²) in [6.07, 6.45) is 9.13. The number of hydrogen-bond donors (Lipinski definition) is 2. The Morgan fingerprint density at radius 3 is 2.89 bits per heavy atom. The molecule has 112 valence electrons. The van der Waals surface area contributed by atoms with Crippen molar-refractivity contribution < 1.29 is 14.6 Å². The van der Waals surface area contributed by atoms with Crippen molar-refractivity contribution in [3.63, 3.8) is 0 Å². The minimum Gasteiger partial charge on any atom is -0.391 e. The van der Waals surface area contributed by atoms with E-state index in [1.807, 2.05) is 0 Å². The lowest BCUT2D eigenvalue weighted by atomic mass is 9.78. The number of methoxy groups -OCH3 is 1. The Balaban J connectivity index is 1.69. The zero-order valence-corrected chi connectivity index (χ0v) is 12.2. The van der Waals surface area contributed by atoms with Crippen LogP contribution in [0.4, 0.5) is 0 Å². The molecule has 1 heterocycles. The van der Waals surface area contributed by atoms with E-state index in [0.29, 0.717) is 12.6 Å². The smallest absolute Gasteiger partial charge is 0.0785 e. The van der Waals surface area contributed by atoms with E-state index in [1.54, 1.807) is 7.11 Å². The van der Waals surface area contributed by atoms with Crippen LogP contribution in [-0.4, -0.2) is 49.7 Å². The highest BCUT2D eigenvalue weighted by Crippen LogP contribution is 2.38. The molecule has 2 aliphatic rings. The summed E-state index contributed by atoms with van der Waals surface area (Å²) in [5, 5.41) is 13.2. The molecule has 1 aliphatic heterocycles. The van der Waals surface area contributed by atoms with Gasteiger partial charge in [0.2, 0.25) is 0 Å². The highest BCUT2D eigenvalue weighted by molar-refractivity contribution is 4.92. The first-order valence-electron chi connectivity index (χ1n) is 7.78. The second kappa shape index (κ2) is 7.58. The van der Waals surface area contributed by atoms with E-state index in [1.165, 1.54) is 32.1 Å². The molecule has 2 atom stereocenters. The molecular weight excluding hydrogens is 242 g/mol. The SMILES string of the molecule is COCC(O)CCNC1CCOC2(CCCCC2)C1. The van der Waals surface area contributed by atoms with Crippen LogP contribution in [0.5, 0.6) is 0 Å². The lowest BCUT2D eigenvalue weighted by Crippen LogP contribution is -2.48. The van der Waals surface area contributed by atoms with E-state index in [-0.39, 0.29) is 11.7 Å². The summed E-state index contributed by atoms with van der Waals surface area (Å²) in [4.78, 5) is 0. The van der Waals surface area contributed by atoms with Gasteiger partial charge in [0.25, 0.3) is 0 Å². The first-order valence-corrected chi connectivity index (χ1v) is 7.78. The maximum Gasteiger partial charge on any atom is 0.0785 e. The van der Waals surface area contributed by atoms with Crippen LogP contribution < -0.4 is 5.32 Å². The Morgan fingerprint density at radius 1 is 1.37 bits per heavy atom. The molecular formula is C15H29NO3. The van der Waals surface area contributed by atoms with Crippen molar-refractivity contribution in [1.82, 2.24) is 5.32 Å². The van der Waals surface area contributed by atoms with E-state index in [0.717, 1.165) is 32.4 Å². The highest BCUT2D eigenvalue weighted by atomic mass is 16.5. The molecule has 4 nitrogen and oxygen atoms in total. The average molecular weight is 271 g/mol. The Kier molecular flexibility index (Phi) is 6.07. The van der Waals surface area contributed by atoms with Gasteiger partial charge in [-0.15, -0.1) is 0 Å². The van der Waals surface area contributed by atoms with Gasteiger partial charge >= 0.3 is 0 Å². The Hall–Kier alpha value is -0.160. The quantitative estimate of drug-likeness (QED) is 0.774. The molecule has 0 aromatic carbocycles. The van der Waals surface area contributed by atoms with E-state index < -0.39 is 0 Å². The number of rotatable bonds is 6. The van der Waals surface area contributed by atoms with Gasteiger partial charge < -0.3 is 19.9 Å². The number of aliphatic hydroxyl groups is 1. The number of ether oxygens (including phenoxy) is 2. The van der Waals surface area contributed by atoms with Crippen LogP contribution in [0.3, 0.4) is 0 Å². The molecule has 1 saturated carbocycles. The molecule has 1 aliphatic carbocycles. The lowest BCUT2D eigenvalue weighted by Gasteiger charge is -2.43. The predicted octanol–water partition coefficient (Wildman–Crippen LogP) is 1.86. The van der Waals surface area contributed by atoms with E-state index in [2.05, 4.69) is 5.32 Å². The monoisotopic (exact) mass is 271 g/mol. The third-order valence-electron chi connectivity index (χ3n) is 4.53. The first-order chi connectivity index (χ1) is 9.24. The van der Waals surface area contributed by atoms with Gasteiger partial charge in [-0.25, -0.2) is 0 Å². The zero-order valence-electron chi connectivity index (χ0n) is 12.2. The van der Waals surface area contributed by atoms with E-state index in [9.17, 15) is 5.11 Å². The van der Waals surface area contributed by atoms with E-state index >= 15 is 0 Å². The van der Waals surface area contributed by atoms with Crippen molar-refractivity contribution in [3.05, 3.63) is 0 Å². The number of aliphatic hydroxyl groups excluding tert-OH is 1. The largest absolute Gasteiger partial charge is 0.391 e. The van der Waals surface area contributed by atoms with Crippen molar-refractivity contribution >= 4 is 0 Å². The predicted molar refractivity (Wildman–Crippen MR) is 75.3 cm³/mol. The van der Waals surface area contributed by atoms with Crippen molar-refractivity contribution in [2.24, 2.45) is 0 Å². The second-order valence-corrected chi connectivity index (χ2v) is 6.13. The molecule has 0 aromatic rings.